The van der Waals surface area contributed by atoms with Crippen molar-refractivity contribution >= 4 is 21.6 Å². The summed E-state index contributed by atoms with van der Waals surface area (Å²) >= 11 is 0. The van der Waals surface area contributed by atoms with Crippen molar-refractivity contribution in [2.75, 3.05) is 10.8 Å². The number of hydrogen-bond acceptors (Lipinski definition) is 3. The molecule has 0 heterocycles. The fraction of sp³-hybridized carbons (Fsp3) is 0.240. The van der Waals surface area contributed by atoms with E-state index in [4.69, 9.17) is 0 Å². The lowest BCUT2D eigenvalue weighted by atomic mass is 10.1. The summed E-state index contributed by atoms with van der Waals surface area (Å²) in [6.07, 6.45) is 1.81. The number of halogens is 1. The third kappa shape index (κ3) is 4.67. The molecule has 1 aliphatic carbocycles. The van der Waals surface area contributed by atoms with Crippen LogP contribution in [-0.4, -0.2) is 31.8 Å². The highest BCUT2D eigenvalue weighted by molar-refractivity contribution is 7.92. The number of rotatable bonds is 8. The molecule has 1 fully saturated rings. The van der Waals surface area contributed by atoms with E-state index in [9.17, 15) is 17.6 Å². The Morgan fingerprint density at radius 2 is 1.66 bits per heavy atom. The number of benzene rings is 3. The van der Waals surface area contributed by atoms with E-state index < -0.39 is 10.0 Å². The molecule has 4 rings (SSSR count). The molecule has 32 heavy (non-hydrogen) atoms. The summed E-state index contributed by atoms with van der Waals surface area (Å²) in [7, 11) is -3.83. The molecule has 1 saturated carbocycles. The van der Waals surface area contributed by atoms with Crippen LogP contribution < -0.4 is 4.31 Å². The lowest BCUT2D eigenvalue weighted by Gasteiger charge is -2.25. The molecule has 0 N–H and O–H groups in total. The normalized spacial score (nSPS) is 13.6. The van der Waals surface area contributed by atoms with Gasteiger partial charge in [0.05, 0.1) is 10.6 Å². The van der Waals surface area contributed by atoms with Crippen LogP contribution in [0.4, 0.5) is 10.1 Å². The quantitative estimate of drug-likeness (QED) is 0.491. The summed E-state index contributed by atoms with van der Waals surface area (Å²) in [5.74, 6) is -0.550. The van der Waals surface area contributed by atoms with Crippen LogP contribution in [-0.2, 0) is 16.6 Å². The highest BCUT2D eigenvalue weighted by Gasteiger charge is 2.34. The van der Waals surface area contributed by atoms with E-state index in [1.807, 2.05) is 6.07 Å². The van der Waals surface area contributed by atoms with Crippen molar-refractivity contribution < 1.29 is 17.6 Å². The molecular weight excluding hydrogens is 427 g/mol. The van der Waals surface area contributed by atoms with Crippen LogP contribution >= 0.6 is 0 Å². The molecule has 0 aromatic heterocycles. The maximum atomic E-state index is 13.3. The molecule has 0 radical (unpaired) electrons. The molecule has 3 aromatic carbocycles. The van der Waals surface area contributed by atoms with Gasteiger partial charge in [0.25, 0.3) is 15.9 Å². The first kappa shape index (κ1) is 22.0. The number of amides is 1. The highest BCUT2D eigenvalue weighted by atomic mass is 32.2. The van der Waals surface area contributed by atoms with Crippen LogP contribution in [0.2, 0.25) is 0 Å². The van der Waals surface area contributed by atoms with Gasteiger partial charge < -0.3 is 4.90 Å². The van der Waals surface area contributed by atoms with Gasteiger partial charge in [-0.3, -0.25) is 9.10 Å². The van der Waals surface area contributed by atoms with Crippen LogP contribution in [0.25, 0.3) is 0 Å². The van der Waals surface area contributed by atoms with Gasteiger partial charge in [-0.05, 0) is 67.8 Å². The molecule has 0 atom stereocenters. The smallest absolute Gasteiger partial charge is 0.264 e. The molecule has 166 valence electrons. The zero-order valence-corrected chi connectivity index (χ0v) is 18.6. The molecule has 1 amide bonds. The molecule has 0 bridgehead atoms. The van der Waals surface area contributed by atoms with E-state index in [2.05, 4.69) is 0 Å². The van der Waals surface area contributed by atoms with E-state index in [0.29, 0.717) is 17.8 Å². The molecule has 0 spiro atoms. The SMILES string of the molecule is CCN(c1ccccc1)S(=O)(=O)c1cccc(C(=O)N(Cc2ccc(F)cc2)C2CC2)c1. The predicted molar refractivity (Wildman–Crippen MR) is 122 cm³/mol. The van der Waals surface area contributed by atoms with Crippen molar-refractivity contribution in [1.82, 2.24) is 4.90 Å². The Morgan fingerprint density at radius 3 is 2.28 bits per heavy atom. The molecule has 1 aliphatic rings. The van der Waals surface area contributed by atoms with Gasteiger partial charge in [-0.1, -0.05) is 36.4 Å². The maximum Gasteiger partial charge on any atom is 0.264 e. The van der Waals surface area contributed by atoms with Crippen molar-refractivity contribution in [2.24, 2.45) is 0 Å². The number of carbonyl (C=O) groups is 1. The van der Waals surface area contributed by atoms with Crippen molar-refractivity contribution in [1.29, 1.82) is 0 Å². The van der Waals surface area contributed by atoms with Gasteiger partial charge in [0.1, 0.15) is 5.82 Å². The summed E-state index contributed by atoms with van der Waals surface area (Å²) in [4.78, 5) is 15.1. The highest BCUT2D eigenvalue weighted by Crippen LogP contribution is 2.31. The third-order valence-corrected chi connectivity index (χ3v) is 7.41. The summed E-state index contributed by atoms with van der Waals surface area (Å²) in [5.41, 5.74) is 1.73. The van der Waals surface area contributed by atoms with Gasteiger partial charge in [-0.2, -0.15) is 0 Å². The van der Waals surface area contributed by atoms with Gasteiger partial charge in [0.15, 0.2) is 0 Å². The van der Waals surface area contributed by atoms with Crippen LogP contribution in [0, 0.1) is 5.82 Å². The van der Waals surface area contributed by atoms with E-state index in [0.717, 1.165) is 18.4 Å². The van der Waals surface area contributed by atoms with Crippen molar-refractivity contribution in [2.45, 2.75) is 37.2 Å². The number of hydrogen-bond donors (Lipinski definition) is 0. The Hall–Kier alpha value is -3.19. The fourth-order valence-corrected chi connectivity index (χ4v) is 5.23. The molecule has 0 unspecified atom stereocenters. The second-order valence-electron chi connectivity index (χ2n) is 7.82. The largest absolute Gasteiger partial charge is 0.331 e. The van der Waals surface area contributed by atoms with E-state index in [-0.39, 0.29) is 29.2 Å². The lowest BCUT2D eigenvalue weighted by Crippen LogP contribution is -2.33. The first-order chi connectivity index (χ1) is 15.4. The zero-order valence-electron chi connectivity index (χ0n) is 17.8. The molecule has 0 saturated heterocycles. The topological polar surface area (TPSA) is 57.7 Å². The van der Waals surface area contributed by atoms with Crippen molar-refractivity contribution in [3.05, 3.63) is 95.8 Å². The maximum absolute atomic E-state index is 13.3. The van der Waals surface area contributed by atoms with Crippen molar-refractivity contribution in [3.8, 4) is 0 Å². The molecule has 5 nitrogen and oxygen atoms in total. The Balaban J connectivity index is 1.62. The van der Waals surface area contributed by atoms with Crippen LogP contribution in [0.1, 0.15) is 35.7 Å². The molecular formula is C25H25FN2O3S. The molecule has 0 aliphatic heterocycles. The number of anilines is 1. The average Bonchev–Trinajstić information content (AvgIpc) is 3.65. The molecule has 7 heteroatoms. The number of carbonyl (C=O) groups excluding carboxylic acids is 1. The lowest BCUT2D eigenvalue weighted by molar-refractivity contribution is 0.0729. The van der Waals surface area contributed by atoms with Gasteiger partial charge in [-0.25, -0.2) is 12.8 Å². The number of para-hydroxylation sites is 1. The Kier molecular flexibility index (Phi) is 6.28. The Bertz CT molecular complexity index is 1190. The van der Waals surface area contributed by atoms with Gasteiger partial charge in [-0.15, -0.1) is 0 Å². The van der Waals surface area contributed by atoms with Crippen molar-refractivity contribution in [3.63, 3.8) is 0 Å². The zero-order chi connectivity index (χ0) is 22.7. The van der Waals surface area contributed by atoms with Gasteiger partial charge >= 0.3 is 0 Å². The number of nitrogens with zero attached hydrogens (tertiary/aromatic N) is 2. The van der Waals surface area contributed by atoms with Crippen LogP contribution in [0.15, 0.2) is 83.8 Å². The summed E-state index contributed by atoms with van der Waals surface area (Å²) < 4.78 is 41.3. The number of sulfonamides is 1. The fourth-order valence-electron chi connectivity index (χ4n) is 3.71. The summed E-state index contributed by atoms with van der Waals surface area (Å²) in [6.45, 7) is 2.40. The third-order valence-electron chi connectivity index (χ3n) is 5.52. The monoisotopic (exact) mass is 452 g/mol. The second kappa shape index (κ2) is 9.12. The summed E-state index contributed by atoms with van der Waals surface area (Å²) in [6, 6.07) is 21.3. The first-order valence-corrected chi connectivity index (χ1v) is 12.1. The van der Waals surface area contributed by atoms with E-state index in [1.54, 1.807) is 60.4 Å². The first-order valence-electron chi connectivity index (χ1n) is 10.6. The average molecular weight is 453 g/mol. The minimum atomic E-state index is -3.83. The minimum absolute atomic E-state index is 0.0755. The Morgan fingerprint density at radius 1 is 0.969 bits per heavy atom. The van der Waals surface area contributed by atoms with Crippen LogP contribution in [0.5, 0.6) is 0 Å². The minimum Gasteiger partial charge on any atom is -0.331 e. The Labute approximate surface area is 188 Å². The standard InChI is InChI=1S/C25H25FN2O3S/c1-2-28(23-8-4-3-5-9-23)32(30,31)24-10-6-7-20(17-24)25(29)27(22-15-16-22)18-19-11-13-21(26)14-12-19/h3-14,17,22H,2,15-16,18H2,1H3. The second-order valence-corrected chi connectivity index (χ2v) is 9.69. The van der Waals surface area contributed by atoms with E-state index >= 15 is 0 Å². The van der Waals surface area contributed by atoms with Crippen LogP contribution in [0.3, 0.4) is 0 Å². The van der Waals surface area contributed by atoms with Gasteiger partial charge in [0, 0.05) is 24.7 Å². The molecule has 3 aromatic rings. The predicted octanol–water partition coefficient (Wildman–Crippen LogP) is 4.85. The van der Waals surface area contributed by atoms with Gasteiger partial charge in [0.2, 0.25) is 0 Å². The van der Waals surface area contributed by atoms with E-state index in [1.165, 1.54) is 28.6 Å². The summed E-state index contributed by atoms with van der Waals surface area (Å²) in [5, 5.41) is 0.